The molecule has 0 bridgehead atoms. The van der Waals surface area contributed by atoms with Crippen molar-refractivity contribution in [1.29, 1.82) is 0 Å². The van der Waals surface area contributed by atoms with Gasteiger partial charge in [-0.1, -0.05) is 29.8 Å². The van der Waals surface area contributed by atoms with Crippen molar-refractivity contribution in [3.8, 4) is 11.5 Å². The summed E-state index contributed by atoms with van der Waals surface area (Å²) in [5.41, 5.74) is 3.42. The Labute approximate surface area is 148 Å². The number of benzene rings is 2. The monoisotopic (exact) mass is 362 g/mol. The zero-order valence-corrected chi connectivity index (χ0v) is 14.0. The van der Waals surface area contributed by atoms with Gasteiger partial charge in [0.25, 0.3) is 5.91 Å². The third kappa shape index (κ3) is 5.22. The molecule has 0 unspecified atom stereocenters. The van der Waals surface area contributed by atoms with Crippen LogP contribution in [0.4, 0.5) is 0 Å². The van der Waals surface area contributed by atoms with E-state index in [9.17, 15) is 9.59 Å². The fourth-order valence-electron chi connectivity index (χ4n) is 1.91. The van der Waals surface area contributed by atoms with Crippen LogP contribution in [-0.2, 0) is 4.79 Å². The van der Waals surface area contributed by atoms with Crippen LogP contribution in [-0.4, -0.2) is 36.9 Å². The van der Waals surface area contributed by atoms with Crippen molar-refractivity contribution in [2.45, 2.75) is 0 Å². The molecule has 0 atom stereocenters. The maximum atomic E-state index is 11.9. The molecule has 0 aliphatic heterocycles. The summed E-state index contributed by atoms with van der Waals surface area (Å²) in [5.74, 6) is -1.11. The van der Waals surface area contributed by atoms with Gasteiger partial charge in [0.15, 0.2) is 18.1 Å². The van der Waals surface area contributed by atoms with Gasteiger partial charge in [0, 0.05) is 5.56 Å². The molecule has 2 aromatic carbocycles. The van der Waals surface area contributed by atoms with Gasteiger partial charge in [-0.3, -0.25) is 4.79 Å². The van der Waals surface area contributed by atoms with E-state index in [4.69, 9.17) is 26.2 Å². The van der Waals surface area contributed by atoms with Gasteiger partial charge in [-0.15, -0.1) is 0 Å². The van der Waals surface area contributed by atoms with Gasteiger partial charge in [0.05, 0.1) is 18.3 Å². The Morgan fingerprint density at radius 1 is 1.28 bits per heavy atom. The second-order valence-corrected chi connectivity index (χ2v) is 5.19. The van der Waals surface area contributed by atoms with Gasteiger partial charge < -0.3 is 14.6 Å². The number of amides is 1. The number of hydrazone groups is 1. The number of ether oxygens (including phenoxy) is 2. The number of carbonyl (C=O) groups excluding carboxylic acids is 1. The zero-order chi connectivity index (χ0) is 18.2. The third-order valence-corrected chi connectivity index (χ3v) is 3.29. The van der Waals surface area contributed by atoms with Crippen molar-refractivity contribution in [1.82, 2.24) is 5.43 Å². The molecule has 0 radical (unpaired) electrons. The quantitative estimate of drug-likeness (QED) is 0.582. The molecule has 1 amide bonds. The molecular formula is C17H15ClN2O5. The molecule has 0 spiro atoms. The number of carbonyl (C=O) groups is 2. The summed E-state index contributed by atoms with van der Waals surface area (Å²) in [7, 11) is 1.40. The zero-order valence-electron chi connectivity index (χ0n) is 13.2. The Morgan fingerprint density at radius 2 is 2.00 bits per heavy atom. The van der Waals surface area contributed by atoms with Gasteiger partial charge >= 0.3 is 5.97 Å². The highest BCUT2D eigenvalue weighted by atomic mass is 35.5. The van der Waals surface area contributed by atoms with E-state index in [2.05, 4.69) is 10.5 Å². The molecule has 0 heterocycles. The first-order valence-corrected chi connectivity index (χ1v) is 7.49. The highest BCUT2D eigenvalue weighted by Crippen LogP contribution is 2.36. The highest BCUT2D eigenvalue weighted by Gasteiger charge is 2.13. The topological polar surface area (TPSA) is 97.2 Å². The maximum Gasteiger partial charge on any atom is 0.341 e. The summed E-state index contributed by atoms with van der Waals surface area (Å²) in [6.45, 7) is -0.545. The van der Waals surface area contributed by atoms with Crippen LogP contribution in [0, 0.1) is 0 Å². The molecule has 8 heteroatoms. The van der Waals surface area contributed by atoms with E-state index in [0.717, 1.165) is 0 Å². The van der Waals surface area contributed by atoms with E-state index >= 15 is 0 Å². The van der Waals surface area contributed by atoms with Gasteiger partial charge in [0.1, 0.15) is 0 Å². The number of halogens is 1. The fourth-order valence-corrected chi connectivity index (χ4v) is 2.18. The molecule has 0 aliphatic rings. The summed E-state index contributed by atoms with van der Waals surface area (Å²) < 4.78 is 10.2. The molecule has 25 heavy (non-hydrogen) atoms. The SMILES string of the molecule is COc1cc(/C=N\NC(=O)c2ccccc2)cc(Cl)c1OCC(=O)O. The average Bonchev–Trinajstić information content (AvgIpc) is 2.60. The predicted molar refractivity (Wildman–Crippen MR) is 92.6 cm³/mol. The Balaban J connectivity index is 2.10. The van der Waals surface area contributed by atoms with Gasteiger partial charge in [-0.25, -0.2) is 10.2 Å². The molecule has 130 valence electrons. The first-order valence-electron chi connectivity index (χ1n) is 7.12. The van der Waals surface area contributed by atoms with E-state index < -0.39 is 12.6 Å². The summed E-state index contributed by atoms with van der Waals surface area (Å²) in [4.78, 5) is 22.5. The van der Waals surface area contributed by atoms with Crippen LogP contribution in [0.25, 0.3) is 0 Å². The van der Waals surface area contributed by atoms with Gasteiger partial charge in [-0.05, 0) is 29.8 Å². The van der Waals surface area contributed by atoms with Crippen LogP contribution in [0.15, 0.2) is 47.6 Å². The van der Waals surface area contributed by atoms with Crippen LogP contribution in [0.1, 0.15) is 15.9 Å². The van der Waals surface area contributed by atoms with Crippen LogP contribution in [0.2, 0.25) is 5.02 Å². The first kappa shape index (κ1) is 18.3. The maximum absolute atomic E-state index is 11.9. The summed E-state index contributed by atoms with van der Waals surface area (Å²) >= 11 is 6.09. The predicted octanol–water partition coefficient (Wildman–Crippen LogP) is 2.58. The lowest BCUT2D eigenvalue weighted by Crippen LogP contribution is -2.17. The average molecular weight is 363 g/mol. The lowest BCUT2D eigenvalue weighted by atomic mass is 10.2. The number of hydrogen-bond acceptors (Lipinski definition) is 5. The van der Waals surface area contributed by atoms with Crippen LogP contribution < -0.4 is 14.9 Å². The smallest absolute Gasteiger partial charge is 0.341 e. The lowest BCUT2D eigenvalue weighted by Gasteiger charge is -2.11. The van der Waals surface area contributed by atoms with Gasteiger partial charge in [-0.2, -0.15) is 5.10 Å². The normalized spacial score (nSPS) is 10.5. The van der Waals surface area contributed by atoms with E-state index in [-0.39, 0.29) is 22.4 Å². The number of aliphatic carboxylic acids is 1. The molecule has 7 nitrogen and oxygen atoms in total. The Kier molecular flexibility index (Phi) is 6.36. The van der Waals surface area contributed by atoms with Crippen molar-refractivity contribution < 1.29 is 24.2 Å². The van der Waals surface area contributed by atoms with Crippen molar-refractivity contribution in [2.75, 3.05) is 13.7 Å². The first-order chi connectivity index (χ1) is 12.0. The van der Waals surface area contributed by atoms with Crippen LogP contribution in [0.5, 0.6) is 11.5 Å². The molecule has 0 aromatic heterocycles. The second-order valence-electron chi connectivity index (χ2n) is 4.78. The van der Waals surface area contributed by atoms with Gasteiger partial charge in [0.2, 0.25) is 0 Å². The Morgan fingerprint density at radius 3 is 2.64 bits per heavy atom. The third-order valence-electron chi connectivity index (χ3n) is 3.01. The number of carboxylic acids is 1. The summed E-state index contributed by atoms with van der Waals surface area (Å²) in [6, 6.07) is 11.7. The molecule has 2 rings (SSSR count). The van der Waals surface area contributed by atoms with Crippen LogP contribution >= 0.6 is 11.6 Å². The number of hydrogen-bond donors (Lipinski definition) is 2. The van der Waals surface area contributed by atoms with Crippen LogP contribution in [0.3, 0.4) is 0 Å². The molecule has 0 saturated heterocycles. The number of nitrogens with zero attached hydrogens (tertiary/aromatic N) is 1. The summed E-state index contributed by atoms with van der Waals surface area (Å²) in [5, 5.41) is 12.7. The number of rotatable bonds is 7. The largest absolute Gasteiger partial charge is 0.493 e. The Bertz CT molecular complexity index is 793. The molecule has 2 N–H and O–H groups in total. The van der Waals surface area contributed by atoms with Crippen molar-refractivity contribution in [2.24, 2.45) is 5.10 Å². The lowest BCUT2D eigenvalue weighted by molar-refractivity contribution is -0.139. The number of methoxy groups -OCH3 is 1. The molecule has 2 aromatic rings. The van der Waals surface area contributed by atoms with E-state index in [1.54, 1.807) is 30.3 Å². The summed E-state index contributed by atoms with van der Waals surface area (Å²) in [6.07, 6.45) is 1.39. The van der Waals surface area contributed by atoms with Crippen molar-refractivity contribution in [3.63, 3.8) is 0 Å². The molecule has 0 aliphatic carbocycles. The molecule has 0 saturated carbocycles. The molecule has 0 fully saturated rings. The van der Waals surface area contributed by atoms with Crippen molar-refractivity contribution in [3.05, 3.63) is 58.6 Å². The number of carboxylic acid groups (broad SMARTS) is 1. The second kappa shape index (κ2) is 8.70. The Hall–Kier alpha value is -3.06. The highest BCUT2D eigenvalue weighted by molar-refractivity contribution is 6.32. The van der Waals surface area contributed by atoms with E-state index in [0.29, 0.717) is 11.1 Å². The van der Waals surface area contributed by atoms with E-state index in [1.807, 2.05) is 6.07 Å². The number of nitrogens with one attached hydrogen (secondary N) is 1. The molecular weight excluding hydrogens is 348 g/mol. The minimum absolute atomic E-state index is 0.122. The van der Waals surface area contributed by atoms with Crippen molar-refractivity contribution >= 4 is 29.7 Å². The minimum atomic E-state index is -1.13. The standard InChI is InChI=1S/C17H15ClN2O5/c1-24-14-8-11(7-13(18)16(14)25-10-15(21)22)9-19-20-17(23)12-5-3-2-4-6-12/h2-9H,10H2,1H3,(H,20,23)(H,21,22)/b19-9-. The fraction of sp³-hybridized carbons (Fsp3) is 0.118. The van der Waals surface area contributed by atoms with E-state index in [1.165, 1.54) is 19.4 Å². The minimum Gasteiger partial charge on any atom is -0.493 e.